The fraction of sp³-hybridized carbons (Fsp3) is 0.118. The van der Waals surface area contributed by atoms with E-state index in [9.17, 15) is 4.79 Å². The first-order chi connectivity index (χ1) is 9.58. The Bertz CT molecular complexity index is 603. The minimum atomic E-state index is -0.460. The molecule has 3 heteroatoms. The summed E-state index contributed by atoms with van der Waals surface area (Å²) in [5, 5.41) is 0.645. The van der Waals surface area contributed by atoms with Crippen molar-refractivity contribution in [3.8, 4) is 0 Å². The van der Waals surface area contributed by atoms with Crippen molar-refractivity contribution in [2.45, 2.75) is 13.0 Å². The number of halogens is 1. The second-order valence-electron chi connectivity index (χ2n) is 4.53. The smallest absolute Gasteiger partial charge is 0.334 e. The van der Waals surface area contributed by atoms with Crippen molar-refractivity contribution in [1.82, 2.24) is 0 Å². The lowest BCUT2D eigenvalue weighted by Crippen LogP contribution is -2.13. The Kier molecular flexibility index (Phi) is 4.59. The zero-order valence-electron chi connectivity index (χ0n) is 11.2. The van der Waals surface area contributed by atoms with Gasteiger partial charge < -0.3 is 4.74 Å². The van der Waals surface area contributed by atoms with Gasteiger partial charge in [-0.25, -0.2) is 4.79 Å². The summed E-state index contributed by atoms with van der Waals surface area (Å²) in [6.07, 6.45) is -0.460. The molecule has 0 bridgehead atoms. The Balaban J connectivity index is 2.36. The van der Waals surface area contributed by atoms with Gasteiger partial charge in [0.05, 0.1) is 0 Å². The van der Waals surface area contributed by atoms with Crippen LogP contribution in [0.25, 0.3) is 0 Å². The average molecular weight is 287 g/mol. The van der Waals surface area contributed by atoms with Crippen LogP contribution in [-0.4, -0.2) is 5.97 Å². The number of benzene rings is 2. The molecule has 0 N–H and O–H groups in total. The van der Waals surface area contributed by atoms with E-state index in [1.165, 1.54) is 0 Å². The molecule has 0 aliphatic carbocycles. The first-order valence-electron chi connectivity index (χ1n) is 6.25. The maximum absolute atomic E-state index is 11.8. The molecule has 0 saturated carbocycles. The van der Waals surface area contributed by atoms with Gasteiger partial charge in [0.1, 0.15) is 0 Å². The highest BCUT2D eigenvalue weighted by molar-refractivity contribution is 6.30. The molecule has 2 aromatic carbocycles. The molecule has 0 aromatic heterocycles. The van der Waals surface area contributed by atoms with Crippen molar-refractivity contribution in [3.05, 3.63) is 82.9 Å². The fourth-order valence-electron chi connectivity index (χ4n) is 1.80. The van der Waals surface area contributed by atoms with Gasteiger partial charge in [0, 0.05) is 10.6 Å². The third-order valence-electron chi connectivity index (χ3n) is 2.85. The lowest BCUT2D eigenvalue weighted by atomic mass is 10.0. The summed E-state index contributed by atoms with van der Waals surface area (Å²) in [6, 6.07) is 16.8. The number of carbonyl (C=O) groups is 1. The monoisotopic (exact) mass is 286 g/mol. The summed E-state index contributed by atoms with van der Waals surface area (Å²) in [6.45, 7) is 5.25. The van der Waals surface area contributed by atoms with Crippen LogP contribution >= 0.6 is 11.6 Å². The van der Waals surface area contributed by atoms with Crippen LogP contribution in [0.5, 0.6) is 0 Å². The summed E-state index contributed by atoms with van der Waals surface area (Å²) in [5.41, 5.74) is 2.15. The van der Waals surface area contributed by atoms with Crippen LogP contribution in [0, 0.1) is 0 Å². The SMILES string of the molecule is C=C(C)C(=O)OC(c1ccccc1)c1ccc(Cl)cc1. The highest BCUT2D eigenvalue weighted by atomic mass is 35.5. The highest BCUT2D eigenvalue weighted by Gasteiger charge is 2.19. The van der Waals surface area contributed by atoms with Crippen molar-refractivity contribution in [2.75, 3.05) is 0 Å². The fourth-order valence-corrected chi connectivity index (χ4v) is 1.93. The molecule has 1 atom stereocenters. The molecule has 0 aliphatic rings. The molecule has 2 aromatic rings. The first-order valence-corrected chi connectivity index (χ1v) is 6.62. The predicted molar refractivity (Wildman–Crippen MR) is 80.6 cm³/mol. The van der Waals surface area contributed by atoms with Crippen LogP contribution in [0.15, 0.2) is 66.7 Å². The van der Waals surface area contributed by atoms with Crippen molar-refractivity contribution >= 4 is 17.6 Å². The Labute approximate surface area is 123 Å². The van der Waals surface area contributed by atoms with E-state index < -0.39 is 12.1 Å². The van der Waals surface area contributed by atoms with E-state index >= 15 is 0 Å². The lowest BCUT2D eigenvalue weighted by molar-refractivity contribution is -0.142. The van der Waals surface area contributed by atoms with Crippen molar-refractivity contribution < 1.29 is 9.53 Å². The third-order valence-corrected chi connectivity index (χ3v) is 3.10. The van der Waals surface area contributed by atoms with E-state index in [2.05, 4.69) is 6.58 Å². The molecule has 0 fully saturated rings. The molecule has 102 valence electrons. The first kappa shape index (κ1) is 14.4. The molecule has 0 heterocycles. The minimum absolute atomic E-state index is 0.375. The Morgan fingerprint density at radius 3 is 2.15 bits per heavy atom. The molecule has 0 radical (unpaired) electrons. The zero-order valence-corrected chi connectivity index (χ0v) is 11.9. The number of hydrogen-bond donors (Lipinski definition) is 0. The minimum Gasteiger partial charge on any atom is -0.449 e. The normalized spacial score (nSPS) is 11.7. The van der Waals surface area contributed by atoms with Gasteiger partial charge in [-0.2, -0.15) is 0 Å². The van der Waals surface area contributed by atoms with E-state index in [0.29, 0.717) is 10.6 Å². The van der Waals surface area contributed by atoms with E-state index in [1.807, 2.05) is 42.5 Å². The maximum Gasteiger partial charge on any atom is 0.334 e. The van der Waals surface area contributed by atoms with Gasteiger partial charge in [-0.05, 0) is 30.2 Å². The van der Waals surface area contributed by atoms with Crippen molar-refractivity contribution in [3.63, 3.8) is 0 Å². The lowest BCUT2D eigenvalue weighted by Gasteiger charge is -2.19. The number of carbonyl (C=O) groups excluding carboxylic acids is 1. The van der Waals surface area contributed by atoms with Crippen LogP contribution in [0.2, 0.25) is 5.02 Å². The Morgan fingerprint density at radius 1 is 1.05 bits per heavy atom. The highest BCUT2D eigenvalue weighted by Crippen LogP contribution is 2.27. The van der Waals surface area contributed by atoms with E-state index in [4.69, 9.17) is 16.3 Å². The zero-order chi connectivity index (χ0) is 14.5. The number of esters is 1. The van der Waals surface area contributed by atoms with Gasteiger partial charge in [-0.3, -0.25) is 0 Å². The van der Waals surface area contributed by atoms with E-state index in [1.54, 1.807) is 19.1 Å². The molecular formula is C17H15ClO2. The third kappa shape index (κ3) is 3.49. The number of rotatable bonds is 4. The van der Waals surface area contributed by atoms with Gasteiger partial charge in [-0.15, -0.1) is 0 Å². The second kappa shape index (κ2) is 6.40. The van der Waals surface area contributed by atoms with Crippen LogP contribution in [0.1, 0.15) is 24.2 Å². The molecule has 0 spiro atoms. The van der Waals surface area contributed by atoms with Crippen LogP contribution < -0.4 is 0 Å². The summed E-state index contributed by atoms with van der Waals surface area (Å²) < 4.78 is 5.54. The van der Waals surface area contributed by atoms with Gasteiger partial charge in [0.15, 0.2) is 6.10 Å². The van der Waals surface area contributed by atoms with Gasteiger partial charge >= 0.3 is 5.97 Å². The predicted octanol–water partition coefficient (Wildman–Crippen LogP) is 4.55. The molecule has 0 aliphatic heterocycles. The van der Waals surface area contributed by atoms with Crippen molar-refractivity contribution in [2.24, 2.45) is 0 Å². The molecule has 0 saturated heterocycles. The average Bonchev–Trinajstić information content (AvgIpc) is 2.46. The topological polar surface area (TPSA) is 26.3 Å². The summed E-state index contributed by atoms with van der Waals surface area (Å²) in [7, 11) is 0. The number of ether oxygens (including phenoxy) is 1. The Hall–Kier alpha value is -2.06. The maximum atomic E-state index is 11.8. The quantitative estimate of drug-likeness (QED) is 0.609. The molecule has 1 unspecified atom stereocenters. The molecule has 2 nitrogen and oxygen atoms in total. The van der Waals surface area contributed by atoms with Crippen molar-refractivity contribution in [1.29, 1.82) is 0 Å². The summed E-state index contributed by atoms with van der Waals surface area (Å²) >= 11 is 5.90. The van der Waals surface area contributed by atoms with E-state index in [-0.39, 0.29) is 0 Å². The molecular weight excluding hydrogens is 272 g/mol. The second-order valence-corrected chi connectivity index (χ2v) is 4.96. The molecule has 20 heavy (non-hydrogen) atoms. The van der Waals surface area contributed by atoms with Gasteiger partial charge in [-0.1, -0.05) is 60.6 Å². The standard InChI is InChI=1S/C17H15ClO2/c1-12(2)17(19)20-16(13-6-4-3-5-7-13)14-8-10-15(18)11-9-14/h3-11,16H,1H2,2H3. The largest absolute Gasteiger partial charge is 0.449 e. The van der Waals surface area contributed by atoms with Crippen LogP contribution in [0.4, 0.5) is 0 Å². The molecule has 2 rings (SSSR count). The number of hydrogen-bond acceptors (Lipinski definition) is 2. The van der Waals surface area contributed by atoms with Crippen LogP contribution in [-0.2, 0) is 9.53 Å². The molecule has 0 amide bonds. The van der Waals surface area contributed by atoms with Gasteiger partial charge in [0.25, 0.3) is 0 Å². The summed E-state index contributed by atoms with van der Waals surface area (Å²) in [4.78, 5) is 11.8. The summed E-state index contributed by atoms with van der Waals surface area (Å²) in [5.74, 6) is -0.409. The Morgan fingerprint density at radius 2 is 1.60 bits per heavy atom. The van der Waals surface area contributed by atoms with Gasteiger partial charge in [0.2, 0.25) is 0 Å². The van der Waals surface area contributed by atoms with E-state index in [0.717, 1.165) is 11.1 Å². The van der Waals surface area contributed by atoms with Crippen LogP contribution in [0.3, 0.4) is 0 Å².